The summed E-state index contributed by atoms with van der Waals surface area (Å²) in [6.07, 6.45) is 6.59. The number of carbonyl (C=O) groups excluding carboxylic acids is 1. The number of fused-ring (bicyclic) bond motifs is 1. The van der Waals surface area contributed by atoms with Crippen LogP contribution >= 0.6 is 12.4 Å². The molecule has 4 heteroatoms. The van der Waals surface area contributed by atoms with Crippen LogP contribution in [-0.2, 0) is 11.2 Å². The maximum Gasteiger partial charge on any atom is 0.223 e. The van der Waals surface area contributed by atoms with Gasteiger partial charge >= 0.3 is 0 Å². The molecular weight excluding hydrogens is 260 g/mol. The minimum atomic E-state index is 0. The average molecular weight is 281 g/mol. The Labute approximate surface area is 120 Å². The topological polar surface area (TPSA) is 55.1 Å². The minimum Gasteiger partial charge on any atom is -0.399 e. The number of nitrogens with one attached hydrogen (secondary N) is 1. The molecule has 1 saturated carbocycles. The number of benzene rings is 1. The first-order valence-corrected chi connectivity index (χ1v) is 6.93. The van der Waals surface area contributed by atoms with E-state index in [4.69, 9.17) is 5.73 Å². The molecule has 1 aromatic rings. The Hall–Kier alpha value is -1.22. The van der Waals surface area contributed by atoms with Crippen LogP contribution in [0.15, 0.2) is 18.2 Å². The van der Waals surface area contributed by atoms with E-state index in [-0.39, 0.29) is 30.3 Å². The molecule has 0 aromatic heterocycles. The van der Waals surface area contributed by atoms with Gasteiger partial charge in [0.2, 0.25) is 5.91 Å². The van der Waals surface area contributed by atoms with Gasteiger partial charge in [-0.2, -0.15) is 0 Å². The third-order valence-electron chi connectivity index (χ3n) is 4.27. The first kappa shape index (κ1) is 14.2. The molecule has 104 valence electrons. The highest BCUT2D eigenvalue weighted by molar-refractivity contribution is 5.85. The van der Waals surface area contributed by atoms with Gasteiger partial charge in [0.05, 0.1) is 6.04 Å². The lowest BCUT2D eigenvalue weighted by atomic mass is 9.83. The second kappa shape index (κ2) is 5.83. The summed E-state index contributed by atoms with van der Waals surface area (Å²) in [5, 5.41) is 3.22. The molecule has 19 heavy (non-hydrogen) atoms. The van der Waals surface area contributed by atoms with Gasteiger partial charge in [-0.05, 0) is 55.4 Å². The molecule has 2 aliphatic carbocycles. The van der Waals surface area contributed by atoms with Gasteiger partial charge in [0.25, 0.3) is 0 Å². The second-order valence-electron chi connectivity index (χ2n) is 5.54. The fourth-order valence-electron chi connectivity index (χ4n) is 2.94. The highest BCUT2D eigenvalue weighted by Gasteiger charge is 2.28. The Balaban J connectivity index is 0.00000133. The average Bonchev–Trinajstić information content (AvgIpc) is 2.26. The standard InChI is InChI=1S/C15H20N2O.ClH/c16-12-7-8-13-11(9-12)5-2-6-14(13)17-15(18)10-3-1-4-10;/h7-10,14H,1-6,16H2,(H,17,18);1H. The zero-order chi connectivity index (χ0) is 12.5. The molecule has 0 aliphatic heterocycles. The largest absolute Gasteiger partial charge is 0.399 e. The Morgan fingerprint density at radius 1 is 1.21 bits per heavy atom. The van der Waals surface area contributed by atoms with E-state index in [9.17, 15) is 4.79 Å². The molecule has 1 atom stereocenters. The number of halogens is 1. The summed E-state index contributed by atoms with van der Waals surface area (Å²) >= 11 is 0. The van der Waals surface area contributed by atoms with E-state index in [1.54, 1.807) is 0 Å². The summed E-state index contributed by atoms with van der Waals surface area (Å²) in [6.45, 7) is 0. The first-order chi connectivity index (χ1) is 8.74. The van der Waals surface area contributed by atoms with Crippen molar-refractivity contribution >= 4 is 24.0 Å². The lowest BCUT2D eigenvalue weighted by Crippen LogP contribution is -2.38. The van der Waals surface area contributed by atoms with Crippen LogP contribution in [0.1, 0.15) is 49.3 Å². The number of anilines is 1. The van der Waals surface area contributed by atoms with Crippen molar-refractivity contribution in [1.82, 2.24) is 5.32 Å². The van der Waals surface area contributed by atoms with E-state index in [2.05, 4.69) is 17.4 Å². The molecule has 3 nitrogen and oxygen atoms in total. The zero-order valence-electron chi connectivity index (χ0n) is 11.0. The molecule has 3 N–H and O–H groups in total. The second-order valence-corrected chi connectivity index (χ2v) is 5.54. The summed E-state index contributed by atoms with van der Waals surface area (Å²) in [5.74, 6) is 0.514. The number of nitrogen functional groups attached to an aromatic ring is 1. The van der Waals surface area contributed by atoms with Crippen LogP contribution in [0, 0.1) is 5.92 Å². The molecule has 1 fully saturated rings. The molecule has 1 amide bonds. The van der Waals surface area contributed by atoms with E-state index in [0.29, 0.717) is 0 Å². The Morgan fingerprint density at radius 2 is 2.00 bits per heavy atom. The molecule has 0 spiro atoms. The molecule has 3 rings (SSSR count). The summed E-state index contributed by atoms with van der Waals surface area (Å²) < 4.78 is 0. The van der Waals surface area contributed by atoms with Crippen LogP contribution in [0.3, 0.4) is 0 Å². The SMILES string of the molecule is Cl.Nc1ccc2c(c1)CCCC2NC(=O)C1CCC1. The normalized spacial score (nSPS) is 21.8. The number of aryl methyl sites for hydroxylation is 1. The van der Waals surface area contributed by atoms with Gasteiger partial charge in [-0.15, -0.1) is 12.4 Å². The van der Waals surface area contributed by atoms with Gasteiger partial charge in [0, 0.05) is 11.6 Å². The van der Waals surface area contributed by atoms with E-state index < -0.39 is 0 Å². The molecule has 0 bridgehead atoms. The van der Waals surface area contributed by atoms with E-state index >= 15 is 0 Å². The number of hydrogen-bond donors (Lipinski definition) is 2. The number of carbonyl (C=O) groups is 1. The summed E-state index contributed by atoms with van der Waals surface area (Å²) in [5.41, 5.74) is 9.21. The Bertz CT molecular complexity index is 471. The highest BCUT2D eigenvalue weighted by atomic mass is 35.5. The predicted molar refractivity (Wildman–Crippen MR) is 79.3 cm³/mol. The number of rotatable bonds is 2. The molecule has 2 aliphatic rings. The maximum absolute atomic E-state index is 12.0. The smallest absolute Gasteiger partial charge is 0.223 e. The molecule has 0 radical (unpaired) electrons. The van der Waals surface area contributed by atoms with E-state index in [0.717, 1.165) is 37.8 Å². The number of nitrogens with two attached hydrogens (primary N) is 1. The minimum absolute atomic E-state index is 0. The highest BCUT2D eigenvalue weighted by Crippen LogP contribution is 2.33. The summed E-state index contributed by atoms with van der Waals surface area (Å²) in [7, 11) is 0. The lowest BCUT2D eigenvalue weighted by Gasteiger charge is -2.30. The van der Waals surface area contributed by atoms with E-state index in [1.807, 2.05) is 6.07 Å². The lowest BCUT2D eigenvalue weighted by molar-refractivity contribution is -0.128. The van der Waals surface area contributed by atoms with Crippen molar-refractivity contribution in [3.05, 3.63) is 29.3 Å². The van der Waals surface area contributed by atoms with Crippen molar-refractivity contribution in [2.75, 3.05) is 5.73 Å². The molecule has 1 unspecified atom stereocenters. The number of hydrogen-bond acceptors (Lipinski definition) is 2. The van der Waals surface area contributed by atoms with Gasteiger partial charge in [-0.25, -0.2) is 0 Å². The van der Waals surface area contributed by atoms with Crippen molar-refractivity contribution in [3.63, 3.8) is 0 Å². The van der Waals surface area contributed by atoms with Gasteiger partial charge < -0.3 is 11.1 Å². The van der Waals surface area contributed by atoms with Crippen LogP contribution in [0.25, 0.3) is 0 Å². The van der Waals surface area contributed by atoms with Crippen LogP contribution < -0.4 is 11.1 Å². The van der Waals surface area contributed by atoms with Crippen LogP contribution in [0.4, 0.5) is 5.69 Å². The third kappa shape index (κ3) is 2.86. The quantitative estimate of drug-likeness (QED) is 0.818. The van der Waals surface area contributed by atoms with Crippen LogP contribution in [-0.4, -0.2) is 5.91 Å². The van der Waals surface area contributed by atoms with Crippen molar-refractivity contribution in [2.45, 2.75) is 44.6 Å². The Kier molecular flexibility index (Phi) is 4.35. The molecule has 1 aromatic carbocycles. The van der Waals surface area contributed by atoms with Crippen LogP contribution in [0.2, 0.25) is 0 Å². The first-order valence-electron chi connectivity index (χ1n) is 6.93. The van der Waals surface area contributed by atoms with Crippen LogP contribution in [0.5, 0.6) is 0 Å². The van der Waals surface area contributed by atoms with Crippen molar-refractivity contribution in [3.8, 4) is 0 Å². The van der Waals surface area contributed by atoms with Gasteiger partial charge in [0.15, 0.2) is 0 Å². The monoisotopic (exact) mass is 280 g/mol. The molecule has 0 saturated heterocycles. The summed E-state index contributed by atoms with van der Waals surface area (Å²) in [6, 6.07) is 6.27. The fraction of sp³-hybridized carbons (Fsp3) is 0.533. The van der Waals surface area contributed by atoms with Gasteiger partial charge in [0.1, 0.15) is 0 Å². The summed E-state index contributed by atoms with van der Waals surface area (Å²) in [4.78, 5) is 12.0. The van der Waals surface area contributed by atoms with Gasteiger partial charge in [-0.1, -0.05) is 12.5 Å². The van der Waals surface area contributed by atoms with Crippen molar-refractivity contribution < 1.29 is 4.79 Å². The zero-order valence-corrected chi connectivity index (χ0v) is 11.8. The van der Waals surface area contributed by atoms with Crippen molar-refractivity contribution in [2.24, 2.45) is 5.92 Å². The fourth-order valence-corrected chi connectivity index (χ4v) is 2.94. The van der Waals surface area contributed by atoms with Gasteiger partial charge in [-0.3, -0.25) is 4.79 Å². The molecular formula is C15H21ClN2O. The number of amides is 1. The Morgan fingerprint density at radius 3 is 2.68 bits per heavy atom. The predicted octanol–water partition coefficient (Wildman–Crippen LogP) is 2.98. The van der Waals surface area contributed by atoms with E-state index in [1.165, 1.54) is 17.5 Å². The third-order valence-corrected chi connectivity index (χ3v) is 4.27. The van der Waals surface area contributed by atoms with Crippen molar-refractivity contribution in [1.29, 1.82) is 0 Å². The molecule has 0 heterocycles. The maximum atomic E-state index is 12.0.